The Kier molecular flexibility index (Phi) is 6.23. The number of aryl methyl sites for hydroxylation is 2. The summed E-state index contributed by atoms with van der Waals surface area (Å²) < 4.78 is 18.8. The van der Waals surface area contributed by atoms with E-state index in [9.17, 15) is 4.79 Å². The molecule has 0 radical (unpaired) electrons. The van der Waals surface area contributed by atoms with Crippen molar-refractivity contribution in [1.29, 1.82) is 0 Å². The molecule has 2 aromatic carbocycles. The van der Waals surface area contributed by atoms with Gasteiger partial charge in [-0.1, -0.05) is 36.4 Å². The van der Waals surface area contributed by atoms with E-state index in [2.05, 4.69) is 5.10 Å². The van der Waals surface area contributed by atoms with Gasteiger partial charge in [0.1, 0.15) is 13.2 Å². The molecule has 7 nitrogen and oxygen atoms in total. The summed E-state index contributed by atoms with van der Waals surface area (Å²) in [5.74, 6) is 1.32. The summed E-state index contributed by atoms with van der Waals surface area (Å²) in [5, 5.41) is 4.54. The van der Waals surface area contributed by atoms with E-state index in [1.54, 1.807) is 12.0 Å². The molecule has 0 spiro atoms. The van der Waals surface area contributed by atoms with Crippen molar-refractivity contribution in [2.75, 3.05) is 20.3 Å². The lowest BCUT2D eigenvalue weighted by atomic mass is 10.1. The van der Waals surface area contributed by atoms with Crippen LogP contribution in [0.15, 0.2) is 54.6 Å². The smallest absolute Gasteiger partial charge is 0.256 e. The summed E-state index contributed by atoms with van der Waals surface area (Å²) in [6, 6.07) is 17.3. The summed E-state index contributed by atoms with van der Waals surface area (Å²) >= 11 is 0. The highest BCUT2D eigenvalue weighted by Crippen LogP contribution is 2.31. The topological polar surface area (TPSA) is 65.8 Å². The van der Waals surface area contributed by atoms with E-state index in [1.165, 1.54) is 0 Å². The van der Waals surface area contributed by atoms with E-state index in [1.807, 2.05) is 73.3 Å². The first kappa shape index (κ1) is 20.9. The predicted octanol–water partition coefficient (Wildman–Crippen LogP) is 3.42. The minimum Gasteiger partial charge on any atom is -0.486 e. The zero-order valence-corrected chi connectivity index (χ0v) is 18.1. The number of methoxy groups -OCH3 is 1. The molecule has 1 aliphatic rings. The molecule has 0 aliphatic carbocycles. The molecule has 1 aromatic heterocycles. The second kappa shape index (κ2) is 9.22. The van der Waals surface area contributed by atoms with Gasteiger partial charge in [0, 0.05) is 26.4 Å². The van der Waals surface area contributed by atoms with Gasteiger partial charge in [-0.25, -0.2) is 0 Å². The molecular weight excluding hydrogens is 394 g/mol. The summed E-state index contributed by atoms with van der Waals surface area (Å²) in [4.78, 5) is 15.3. The molecule has 0 saturated carbocycles. The van der Waals surface area contributed by atoms with Crippen molar-refractivity contribution in [2.45, 2.75) is 26.1 Å². The fourth-order valence-electron chi connectivity index (χ4n) is 3.70. The van der Waals surface area contributed by atoms with Gasteiger partial charge in [-0.05, 0) is 36.2 Å². The van der Waals surface area contributed by atoms with Gasteiger partial charge in [0.2, 0.25) is 0 Å². The quantitative estimate of drug-likeness (QED) is 0.585. The molecule has 2 heterocycles. The van der Waals surface area contributed by atoms with Crippen LogP contribution >= 0.6 is 0 Å². The zero-order valence-electron chi connectivity index (χ0n) is 18.1. The zero-order chi connectivity index (χ0) is 21.8. The first-order chi connectivity index (χ1) is 15.0. The molecule has 0 unspecified atom stereocenters. The van der Waals surface area contributed by atoms with E-state index in [0.29, 0.717) is 32.1 Å². The van der Waals surface area contributed by atoms with E-state index < -0.39 is 6.10 Å². The highest BCUT2D eigenvalue weighted by Gasteiger charge is 2.27. The Morgan fingerprint density at radius 3 is 2.52 bits per heavy atom. The number of fused-ring (bicyclic) bond motifs is 1. The Labute approximate surface area is 182 Å². The fourth-order valence-corrected chi connectivity index (χ4v) is 3.70. The van der Waals surface area contributed by atoms with Gasteiger partial charge in [0.05, 0.1) is 12.2 Å². The summed E-state index contributed by atoms with van der Waals surface area (Å²) in [6.45, 7) is 3.83. The minimum absolute atomic E-state index is 0.119. The third-order valence-corrected chi connectivity index (χ3v) is 5.37. The van der Waals surface area contributed by atoms with Gasteiger partial charge in [-0.3, -0.25) is 9.48 Å². The largest absolute Gasteiger partial charge is 0.486 e. The second-order valence-corrected chi connectivity index (χ2v) is 7.60. The van der Waals surface area contributed by atoms with Crippen LogP contribution < -0.4 is 9.47 Å². The first-order valence-electron chi connectivity index (χ1n) is 10.3. The third kappa shape index (κ3) is 4.72. The number of aromatic nitrogens is 2. The summed E-state index contributed by atoms with van der Waals surface area (Å²) in [5.41, 5.74) is 3.63. The van der Waals surface area contributed by atoms with Crippen LogP contribution in [0.3, 0.4) is 0 Å². The Morgan fingerprint density at radius 1 is 1.10 bits per heavy atom. The number of carbonyl (C=O) groups is 1. The van der Waals surface area contributed by atoms with Crippen molar-refractivity contribution in [3.05, 3.63) is 77.1 Å². The number of amides is 1. The molecule has 0 N–H and O–H groups in total. The number of carbonyl (C=O) groups excluding carboxylic acids is 1. The van der Waals surface area contributed by atoms with Crippen molar-refractivity contribution in [3.8, 4) is 11.5 Å². The van der Waals surface area contributed by atoms with E-state index in [-0.39, 0.29) is 5.91 Å². The van der Waals surface area contributed by atoms with Crippen molar-refractivity contribution in [2.24, 2.45) is 7.05 Å². The average molecular weight is 421 g/mol. The standard InChI is InChI=1S/C24H27N3O4/c1-17-13-20(25-26(17)2)16-27(24(28)23(29-3)19-7-5-4-6-8-19)15-18-9-10-21-22(14-18)31-12-11-30-21/h4-10,13-14,23H,11-12,15-16H2,1-3H3/t23-/m1/s1. The molecule has 1 aliphatic heterocycles. The van der Waals surface area contributed by atoms with Crippen LogP contribution in [-0.4, -0.2) is 40.9 Å². The molecule has 7 heteroatoms. The van der Waals surface area contributed by atoms with Crippen LogP contribution in [0.1, 0.15) is 28.6 Å². The van der Waals surface area contributed by atoms with Crippen LogP contribution in [0.2, 0.25) is 0 Å². The highest BCUT2D eigenvalue weighted by atomic mass is 16.6. The van der Waals surface area contributed by atoms with Crippen molar-refractivity contribution < 1.29 is 19.0 Å². The van der Waals surface area contributed by atoms with Crippen molar-refractivity contribution in [3.63, 3.8) is 0 Å². The predicted molar refractivity (Wildman–Crippen MR) is 116 cm³/mol. The molecule has 3 aromatic rings. The lowest BCUT2D eigenvalue weighted by Crippen LogP contribution is -2.35. The third-order valence-electron chi connectivity index (χ3n) is 5.37. The highest BCUT2D eigenvalue weighted by molar-refractivity contribution is 5.82. The van der Waals surface area contributed by atoms with Gasteiger partial charge >= 0.3 is 0 Å². The Hall–Kier alpha value is -3.32. The molecule has 1 amide bonds. The average Bonchev–Trinajstić information content (AvgIpc) is 3.11. The summed E-state index contributed by atoms with van der Waals surface area (Å²) in [7, 11) is 3.45. The molecule has 0 saturated heterocycles. The normalized spacial score (nSPS) is 13.6. The van der Waals surface area contributed by atoms with Gasteiger partial charge in [-0.2, -0.15) is 5.10 Å². The molecule has 0 fully saturated rings. The number of ether oxygens (including phenoxy) is 3. The number of nitrogens with zero attached hydrogens (tertiary/aromatic N) is 3. The molecular formula is C24H27N3O4. The SMILES string of the molecule is CO[C@@H](C(=O)N(Cc1ccc2c(c1)OCCO2)Cc1cc(C)n(C)n1)c1ccccc1. The molecule has 1 atom stereocenters. The Balaban J connectivity index is 1.62. The Bertz CT molecular complexity index is 1030. The number of hydrogen-bond acceptors (Lipinski definition) is 5. The monoisotopic (exact) mass is 421 g/mol. The van der Waals surface area contributed by atoms with Crippen molar-refractivity contribution in [1.82, 2.24) is 14.7 Å². The fraction of sp³-hybridized carbons (Fsp3) is 0.333. The maximum atomic E-state index is 13.6. The van der Waals surface area contributed by atoms with Crippen LogP contribution in [0.4, 0.5) is 0 Å². The molecule has 4 rings (SSSR count). The van der Waals surface area contributed by atoms with E-state index in [4.69, 9.17) is 14.2 Å². The van der Waals surface area contributed by atoms with Crippen LogP contribution in [0.25, 0.3) is 0 Å². The van der Waals surface area contributed by atoms with Crippen LogP contribution in [0.5, 0.6) is 11.5 Å². The maximum absolute atomic E-state index is 13.6. The van der Waals surface area contributed by atoms with Gasteiger partial charge in [0.15, 0.2) is 17.6 Å². The lowest BCUT2D eigenvalue weighted by molar-refractivity contribution is -0.143. The maximum Gasteiger partial charge on any atom is 0.256 e. The molecule has 31 heavy (non-hydrogen) atoms. The van der Waals surface area contributed by atoms with Crippen molar-refractivity contribution >= 4 is 5.91 Å². The van der Waals surface area contributed by atoms with Gasteiger partial charge in [-0.15, -0.1) is 0 Å². The summed E-state index contributed by atoms with van der Waals surface area (Å²) in [6.07, 6.45) is -0.691. The van der Waals surface area contributed by atoms with E-state index >= 15 is 0 Å². The van der Waals surface area contributed by atoms with Crippen LogP contribution in [-0.2, 0) is 29.7 Å². The molecule has 0 bridgehead atoms. The van der Waals surface area contributed by atoms with Crippen LogP contribution in [0, 0.1) is 6.92 Å². The minimum atomic E-state index is -0.691. The van der Waals surface area contributed by atoms with E-state index in [0.717, 1.165) is 28.3 Å². The number of rotatable bonds is 7. The van der Waals surface area contributed by atoms with Gasteiger partial charge in [0.25, 0.3) is 5.91 Å². The molecule has 162 valence electrons. The lowest BCUT2D eigenvalue weighted by Gasteiger charge is -2.27. The number of benzene rings is 2. The Morgan fingerprint density at radius 2 is 1.84 bits per heavy atom. The van der Waals surface area contributed by atoms with Gasteiger partial charge < -0.3 is 19.1 Å². The number of hydrogen-bond donors (Lipinski definition) is 0. The second-order valence-electron chi connectivity index (χ2n) is 7.60. The first-order valence-corrected chi connectivity index (χ1v) is 10.3.